The maximum atomic E-state index is 12.3. The molecule has 1 aromatic carbocycles. The number of rotatable bonds is 5. The first-order chi connectivity index (χ1) is 11.0. The average molecular weight is 366 g/mol. The van der Waals surface area contributed by atoms with Gasteiger partial charge in [-0.1, -0.05) is 37.6 Å². The first kappa shape index (κ1) is 17.9. The molecule has 0 amide bonds. The molecule has 0 saturated carbocycles. The highest BCUT2D eigenvalue weighted by Crippen LogP contribution is 2.43. The van der Waals surface area contributed by atoms with Crippen molar-refractivity contribution in [3.05, 3.63) is 39.7 Å². The molecule has 2 rings (SSSR count). The fourth-order valence-corrected chi connectivity index (χ4v) is 4.78. The third-order valence-corrected chi connectivity index (χ3v) is 5.57. The van der Waals surface area contributed by atoms with Crippen LogP contribution in [0, 0.1) is 11.3 Å². The van der Waals surface area contributed by atoms with E-state index in [1.165, 1.54) is 11.3 Å². The van der Waals surface area contributed by atoms with Crippen molar-refractivity contribution in [2.24, 2.45) is 0 Å². The van der Waals surface area contributed by atoms with E-state index in [9.17, 15) is 10.1 Å². The first-order valence-electron chi connectivity index (χ1n) is 7.14. The Morgan fingerprint density at radius 3 is 2.57 bits per heavy atom. The van der Waals surface area contributed by atoms with Gasteiger partial charge in [0.05, 0.1) is 16.4 Å². The summed E-state index contributed by atoms with van der Waals surface area (Å²) in [6.45, 7) is 6.17. The number of carbonyl (C=O) groups excluding carboxylic acids is 1. The Bertz CT molecular complexity index is 745. The number of nitriles is 1. The Morgan fingerprint density at radius 1 is 1.39 bits per heavy atom. The summed E-state index contributed by atoms with van der Waals surface area (Å²) in [4.78, 5) is 12.8. The van der Waals surface area contributed by atoms with Crippen LogP contribution in [0.15, 0.2) is 28.5 Å². The molecule has 2 aromatic rings. The number of hydrogen-bond donors (Lipinski definition) is 0. The van der Waals surface area contributed by atoms with Crippen LogP contribution in [-0.4, -0.2) is 17.8 Å². The number of thioether (sulfide) groups is 1. The molecule has 0 spiro atoms. The molecule has 3 nitrogen and oxygen atoms in total. The number of nitrogens with zero attached hydrogens (tertiary/aromatic N) is 1. The maximum absolute atomic E-state index is 12.3. The molecule has 6 heteroatoms. The number of esters is 1. The second-order valence-electron chi connectivity index (χ2n) is 4.97. The van der Waals surface area contributed by atoms with Crippen LogP contribution in [0.1, 0.15) is 36.0 Å². The maximum Gasteiger partial charge on any atom is 0.349 e. The van der Waals surface area contributed by atoms with Crippen LogP contribution < -0.4 is 0 Å². The normalized spacial score (nSPS) is 10.6. The molecule has 0 radical (unpaired) electrons. The molecule has 0 fully saturated rings. The lowest BCUT2D eigenvalue weighted by molar-refractivity contribution is 0.0533. The third-order valence-electron chi connectivity index (χ3n) is 2.92. The van der Waals surface area contributed by atoms with Crippen molar-refractivity contribution in [3.63, 3.8) is 0 Å². The minimum Gasteiger partial charge on any atom is -0.462 e. The number of carbonyl (C=O) groups is 1. The second-order valence-corrected chi connectivity index (χ2v) is 8.28. The van der Waals surface area contributed by atoms with Crippen molar-refractivity contribution >= 4 is 40.7 Å². The molecule has 0 unspecified atom stereocenters. The van der Waals surface area contributed by atoms with Crippen LogP contribution >= 0.6 is 34.7 Å². The summed E-state index contributed by atoms with van der Waals surface area (Å²) in [5.74, 6) is -0.394. The van der Waals surface area contributed by atoms with E-state index in [0.717, 1.165) is 9.77 Å². The molecule has 0 atom stereocenters. The average Bonchev–Trinajstić information content (AvgIpc) is 2.86. The van der Waals surface area contributed by atoms with E-state index < -0.39 is 5.97 Å². The lowest BCUT2D eigenvalue weighted by atomic mass is 10.0. The van der Waals surface area contributed by atoms with Gasteiger partial charge in [-0.05, 0) is 24.6 Å². The van der Waals surface area contributed by atoms with Gasteiger partial charge in [-0.2, -0.15) is 5.26 Å². The number of hydrogen-bond acceptors (Lipinski definition) is 5. The van der Waals surface area contributed by atoms with Gasteiger partial charge in [-0.3, -0.25) is 0 Å². The highest BCUT2D eigenvalue weighted by atomic mass is 35.5. The molecule has 0 N–H and O–H groups in total. The highest BCUT2D eigenvalue weighted by molar-refractivity contribution is 8.01. The standard InChI is InChI=1S/C17H16ClNO2S2/c1-4-21-16(20)15-14(11-5-7-12(18)8-6-11)13(9-19)17(23-15)22-10(2)3/h5-8,10H,4H2,1-3H3. The summed E-state index contributed by atoms with van der Waals surface area (Å²) in [6.07, 6.45) is 0. The van der Waals surface area contributed by atoms with E-state index >= 15 is 0 Å². The second kappa shape index (κ2) is 7.87. The van der Waals surface area contributed by atoms with Gasteiger partial charge in [-0.15, -0.1) is 23.1 Å². The Hall–Kier alpha value is -1.48. The van der Waals surface area contributed by atoms with Gasteiger partial charge in [0.2, 0.25) is 0 Å². The van der Waals surface area contributed by atoms with Crippen LogP contribution in [0.2, 0.25) is 5.02 Å². The van der Waals surface area contributed by atoms with Gasteiger partial charge in [0.1, 0.15) is 10.9 Å². The molecule has 0 aliphatic carbocycles. The van der Waals surface area contributed by atoms with Crippen LogP contribution in [0.4, 0.5) is 0 Å². The Labute approximate surface area is 149 Å². The van der Waals surface area contributed by atoms with Crippen molar-refractivity contribution in [1.82, 2.24) is 0 Å². The lowest BCUT2D eigenvalue weighted by Crippen LogP contribution is -2.04. The van der Waals surface area contributed by atoms with Crippen LogP contribution in [0.3, 0.4) is 0 Å². The molecule has 120 valence electrons. The molecular formula is C17H16ClNO2S2. The van der Waals surface area contributed by atoms with Gasteiger partial charge in [0.25, 0.3) is 0 Å². The predicted molar refractivity (Wildman–Crippen MR) is 96.4 cm³/mol. The van der Waals surface area contributed by atoms with E-state index in [4.69, 9.17) is 16.3 Å². The topological polar surface area (TPSA) is 50.1 Å². The van der Waals surface area contributed by atoms with E-state index in [1.807, 2.05) is 12.1 Å². The third kappa shape index (κ3) is 4.08. The van der Waals surface area contributed by atoms with E-state index in [2.05, 4.69) is 19.9 Å². The Kier molecular flexibility index (Phi) is 6.11. The van der Waals surface area contributed by atoms with E-state index in [-0.39, 0.29) is 0 Å². The summed E-state index contributed by atoms with van der Waals surface area (Å²) >= 11 is 8.84. The van der Waals surface area contributed by atoms with Gasteiger partial charge in [0.15, 0.2) is 0 Å². The number of ether oxygens (including phenoxy) is 1. The molecular weight excluding hydrogens is 350 g/mol. The molecule has 0 bridgehead atoms. The summed E-state index contributed by atoms with van der Waals surface area (Å²) in [7, 11) is 0. The van der Waals surface area contributed by atoms with E-state index in [0.29, 0.717) is 32.9 Å². The minimum atomic E-state index is -0.394. The minimum absolute atomic E-state index is 0.297. The van der Waals surface area contributed by atoms with E-state index in [1.54, 1.807) is 30.8 Å². The summed E-state index contributed by atoms with van der Waals surface area (Å²) in [5, 5.41) is 10.5. The summed E-state index contributed by atoms with van der Waals surface area (Å²) < 4.78 is 6.00. The van der Waals surface area contributed by atoms with Crippen molar-refractivity contribution in [1.29, 1.82) is 5.26 Å². The SMILES string of the molecule is CCOC(=O)c1sc(SC(C)C)c(C#N)c1-c1ccc(Cl)cc1. The zero-order valence-electron chi connectivity index (χ0n) is 13.1. The largest absolute Gasteiger partial charge is 0.462 e. The molecule has 23 heavy (non-hydrogen) atoms. The van der Waals surface area contributed by atoms with Gasteiger partial charge in [0, 0.05) is 15.8 Å². The quantitative estimate of drug-likeness (QED) is 0.509. The molecule has 0 aliphatic heterocycles. The van der Waals surface area contributed by atoms with Crippen LogP contribution in [0.25, 0.3) is 11.1 Å². The van der Waals surface area contributed by atoms with Crippen molar-refractivity contribution in [3.8, 4) is 17.2 Å². The number of benzene rings is 1. The fourth-order valence-electron chi connectivity index (χ4n) is 2.04. The van der Waals surface area contributed by atoms with Gasteiger partial charge < -0.3 is 4.74 Å². The highest BCUT2D eigenvalue weighted by Gasteiger charge is 2.25. The number of thiophene rings is 1. The zero-order chi connectivity index (χ0) is 17.0. The lowest BCUT2D eigenvalue weighted by Gasteiger charge is -2.05. The van der Waals surface area contributed by atoms with Crippen LogP contribution in [-0.2, 0) is 4.74 Å². The van der Waals surface area contributed by atoms with Gasteiger partial charge >= 0.3 is 5.97 Å². The zero-order valence-corrected chi connectivity index (χ0v) is 15.4. The fraction of sp³-hybridized carbons (Fsp3) is 0.294. The molecule has 0 saturated heterocycles. The molecule has 1 heterocycles. The molecule has 1 aromatic heterocycles. The van der Waals surface area contributed by atoms with Crippen molar-refractivity contribution in [2.75, 3.05) is 6.61 Å². The van der Waals surface area contributed by atoms with Gasteiger partial charge in [-0.25, -0.2) is 4.79 Å². The van der Waals surface area contributed by atoms with Crippen molar-refractivity contribution < 1.29 is 9.53 Å². The Balaban J connectivity index is 2.64. The molecule has 0 aliphatic rings. The monoisotopic (exact) mass is 365 g/mol. The first-order valence-corrected chi connectivity index (χ1v) is 9.21. The smallest absolute Gasteiger partial charge is 0.349 e. The van der Waals surface area contributed by atoms with Crippen LogP contribution in [0.5, 0.6) is 0 Å². The predicted octanol–water partition coefficient (Wildman–Crippen LogP) is 5.62. The Morgan fingerprint density at radius 2 is 2.04 bits per heavy atom. The summed E-state index contributed by atoms with van der Waals surface area (Å²) in [5.41, 5.74) is 1.95. The number of halogens is 1. The van der Waals surface area contributed by atoms with Crippen molar-refractivity contribution in [2.45, 2.75) is 30.2 Å². The summed E-state index contributed by atoms with van der Waals surface area (Å²) in [6, 6.07) is 9.38.